The topological polar surface area (TPSA) is 60.2 Å². The molecule has 1 aromatic heterocycles. The maximum Gasteiger partial charge on any atom is 0.573 e. The Morgan fingerprint density at radius 2 is 1.94 bits per heavy atom. The Balaban J connectivity index is 0.00000162. The molecule has 3 N–H and O–H groups in total. The van der Waals surface area contributed by atoms with Crippen LogP contribution < -0.4 is 16.0 Å². The highest BCUT2D eigenvalue weighted by atomic mass is 35.5. The van der Waals surface area contributed by atoms with Gasteiger partial charge in [-0.3, -0.25) is 10.8 Å². The first-order valence-electron chi connectivity index (χ1n) is 4.61. The number of para-hydroxylation sites is 1. The van der Waals surface area contributed by atoms with Crippen LogP contribution in [0.4, 0.5) is 18.9 Å². The first-order valence-corrected chi connectivity index (χ1v) is 4.61. The minimum Gasteiger partial charge on any atom is -0.403 e. The lowest BCUT2D eigenvalue weighted by molar-refractivity contribution is -0.274. The lowest BCUT2D eigenvalue weighted by Gasteiger charge is -2.12. The van der Waals surface area contributed by atoms with Crippen molar-refractivity contribution in [3.8, 4) is 5.75 Å². The van der Waals surface area contributed by atoms with Crippen molar-refractivity contribution in [2.45, 2.75) is 6.36 Å². The van der Waals surface area contributed by atoms with E-state index in [1.165, 1.54) is 18.3 Å². The fourth-order valence-corrected chi connectivity index (χ4v) is 1.48. The van der Waals surface area contributed by atoms with E-state index in [2.05, 4.69) is 15.1 Å². The summed E-state index contributed by atoms with van der Waals surface area (Å²) in [4.78, 5) is 3.85. The maximum atomic E-state index is 12.2. The Morgan fingerprint density at radius 3 is 2.56 bits per heavy atom. The molecular weight excluding hydrogens is 271 g/mol. The van der Waals surface area contributed by atoms with E-state index in [4.69, 9.17) is 5.84 Å². The van der Waals surface area contributed by atoms with E-state index in [1.807, 2.05) is 0 Å². The van der Waals surface area contributed by atoms with Crippen molar-refractivity contribution in [1.29, 1.82) is 0 Å². The van der Waals surface area contributed by atoms with Gasteiger partial charge in [-0.2, -0.15) is 0 Å². The van der Waals surface area contributed by atoms with Crippen molar-refractivity contribution < 1.29 is 17.9 Å². The number of hydrogen-bond acceptors (Lipinski definition) is 4. The van der Waals surface area contributed by atoms with Gasteiger partial charge < -0.3 is 10.2 Å². The Hall–Kier alpha value is -1.73. The molecule has 0 aliphatic carbocycles. The van der Waals surface area contributed by atoms with E-state index in [0.717, 1.165) is 0 Å². The van der Waals surface area contributed by atoms with Crippen molar-refractivity contribution >= 4 is 29.0 Å². The summed E-state index contributed by atoms with van der Waals surface area (Å²) in [6.07, 6.45) is -3.40. The summed E-state index contributed by atoms with van der Waals surface area (Å²) >= 11 is 0. The lowest BCUT2D eigenvalue weighted by Crippen LogP contribution is -2.17. The maximum absolute atomic E-state index is 12.2. The van der Waals surface area contributed by atoms with Crippen LogP contribution in [-0.4, -0.2) is 11.3 Å². The normalized spacial score (nSPS) is 10.9. The minimum atomic E-state index is -4.75. The molecule has 98 valence electrons. The average Bonchev–Trinajstić information content (AvgIpc) is 2.27. The predicted octanol–water partition coefficient (Wildman–Crippen LogP) is 2.84. The number of fused-ring (bicyclic) bond motifs is 1. The Morgan fingerprint density at radius 1 is 1.22 bits per heavy atom. The molecule has 1 aromatic carbocycles. The summed E-state index contributed by atoms with van der Waals surface area (Å²) in [5.41, 5.74) is 2.96. The fraction of sp³-hybridized carbons (Fsp3) is 0.100. The molecule has 2 rings (SSSR count). The molecule has 8 heteroatoms. The van der Waals surface area contributed by atoms with E-state index in [0.29, 0.717) is 11.1 Å². The van der Waals surface area contributed by atoms with Crippen molar-refractivity contribution in [2.24, 2.45) is 5.84 Å². The van der Waals surface area contributed by atoms with Crippen LogP contribution in [0.5, 0.6) is 5.75 Å². The average molecular weight is 280 g/mol. The molecule has 0 spiro atoms. The predicted molar refractivity (Wildman–Crippen MR) is 63.5 cm³/mol. The van der Waals surface area contributed by atoms with Gasteiger partial charge in [-0.1, -0.05) is 12.1 Å². The molecule has 0 saturated carbocycles. The van der Waals surface area contributed by atoms with Gasteiger partial charge in [-0.05, 0) is 12.1 Å². The third-order valence-electron chi connectivity index (χ3n) is 2.12. The number of aromatic nitrogens is 1. The molecule has 2 aromatic rings. The van der Waals surface area contributed by atoms with E-state index in [9.17, 15) is 13.2 Å². The van der Waals surface area contributed by atoms with Crippen molar-refractivity contribution in [2.75, 3.05) is 5.43 Å². The second-order valence-corrected chi connectivity index (χ2v) is 3.20. The molecule has 18 heavy (non-hydrogen) atoms. The highest BCUT2D eigenvalue weighted by Gasteiger charge is 2.32. The number of anilines is 1. The first-order chi connectivity index (χ1) is 8.01. The van der Waals surface area contributed by atoms with Crippen LogP contribution in [-0.2, 0) is 0 Å². The Kier molecular flexibility index (Phi) is 4.20. The zero-order valence-corrected chi connectivity index (χ0v) is 9.68. The van der Waals surface area contributed by atoms with Gasteiger partial charge >= 0.3 is 6.36 Å². The highest BCUT2D eigenvalue weighted by molar-refractivity contribution is 5.94. The number of hydrogen-bond donors (Lipinski definition) is 2. The molecule has 0 bridgehead atoms. The molecule has 0 amide bonds. The van der Waals surface area contributed by atoms with E-state index in [-0.39, 0.29) is 23.7 Å². The van der Waals surface area contributed by atoms with Gasteiger partial charge in [0.05, 0.1) is 5.69 Å². The van der Waals surface area contributed by atoms with Crippen LogP contribution in [0.1, 0.15) is 0 Å². The second-order valence-electron chi connectivity index (χ2n) is 3.20. The van der Waals surface area contributed by atoms with Crippen LogP contribution >= 0.6 is 12.4 Å². The molecule has 0 atom stereocenters. The van der Waals surface area contributed by atoms with Crippen LogP contribution in [0.15, 0.2) is 30.5 Å². The van der Waals surface area contributed by atoms with Gasteiger partial charge in [-0.15, -0.1) is 25.6 Å². The Bertz CT molecular complexity index is 547. The molecule has 0 unspecified atom stereocenters. The third-order valence-corrected chi connectivity index (χ3v) is 2.12. The van der Waals surface area contributed by atoms with Crippen molar-refractivity contribution in [1.82, 2.24) is 4.98 Å². The lowest BCUT2D eigenvalue weighted by atomic mass is 10.2. The standard InChI is InChI=1S/C10H8F3N3O.ClH/c11-10(12,13)17-8-3-1-2-6-7(16-14)4-5-15-9(6)8;/h1-5H,14H2,(H,15,16);1H. The Labute approximate surface area is 106 Å². The largest absolute Gasteiger partial charge is 0.573 e. The van der Waals surface area contributed by atoms with Crippen molar-refractivity contribution in [3.63, 3.8) is 0 Å². The zero-order valence-electron chi connectivity index (χ0n) is 8.86. The van der Waals surface area contributed by atoms with E-state index >= 15 is 0 Å². The van der Waals surface area contributed by atoms with Crippen LogP contribution in [0.25, 0.3) is 10.9 Å². The number of benzene rings is 1. The number of rotatable bonds is 2. The zero-order chi connectivity index (χ0) is 12.5. The SMILES string of the molecule is Cl.NNc1ccnc2c(OC(F)(F)F)cccc12. The molecule has 0 radical (unpaired) electrons. The molecule has 1 heterocycles. The summed E-state index contributed by atoms with van der Waals surface area (Å²) in [6.45, 7) is 0. The summed E-state index contributed by atoms with van der Waals surface area (Å²) in [7, 11) is 0. The number of pyridine rings is 1. The second kappa shape index (κ2) is 5.28. The highest BCUT2D eigenvalue weighted by Crippen LogP contribution is 2.31. The first kappa shape index (κ1) is 14.3. The number of hydrazine groups is 1. The van der Waals surface area contributed by atoms with E-state index in [1.54, 1.807) is 12.1 Å². The van der Waals surface area contributed by atoms with Crippen LogP contribution in [0.2, 0.25) is 0 Å². The summed E-state index contributed by atoms with van der Waals surface area (Å²) in [5.74, 6) is 4.90. The number of nitrogens with zero attached hydrogens (tertiary/aromatic N) is 1. The quantitative estimate of drug-likeness (QED) is 0.655. The van der Waals surface area contributed by atoms with Gasteiger partial charge in [0.1, 0.15) is 5.52 Å². The minimum absolute atomic E-state index is 0. The number of nitrogen functional groups attached to an aromatic ring is 1. The van der Waals surface area contributed by atoms with Crippen LogP contribution in [0.3, 0.4) is 0 Å². The summed E-state index contributed by atoms with van der Waals surface area (Å²) in [6, 6.07) is 5.79. The number of halogens is 4. The summed E-state index contributed by atoms with van der Waals surface area (Å²) in [5, 5.41) is 0.455. The van der Waals surface area contributed by atoms with Gasteiger partial charge in [0, 0.05) is 11.6 Å². The third kappa shape index (κ3) is 2.93. The van der Waals surface area contributed by atoms with Gasteiger partial charge in [0.15, 0.2) is 5.75 Å². The molecule has 4 nitrogen and oxygen atoms in total. The van der Waals surface area contributed by atoms with Gasteiger partial charge in [-0.25, -0.2) is 0 Å². The van der Waals surface area contributed by atoms with Gasteiger partial charge in [0.25, 0.3) is 0 Å². The molecule has 0 fully saturated rings. The fourth-order valence-electron chi connectivity index (χ4n) is 1.48. The molecule has 0 saturated heterocycles. The van der Waals surface area contributed by atoms with E-state index < -0.39 is 6.36 Å². The molecular formula is C10H9ClF3N3O. The van der Waals surface area contributed by atoms with Crippen LogP contribution in [0, 0.1) is 0 Å². The number of alkyl halides is 3. The smallest absolute Gasteiger partial charge is 0.403 e. The number of ether oxygens (including phenoxy) is 1. The summed E-state index contributed by atoms with van der Waals surface area (Å²) < 4.78 is 40.4. The number of nitrogens with one attached hydrogen (secondary N) is 1. The monoisotopic (exact) mass is 279 g/mol. The molecule has 0 aliphatic heterocycles. The number of nitrogens with two attached hydrogens (primary N) is 1. The van der Waals surface area contributed by atoms with Crippen molar-refractivity contribution in [3.05, 3.63) is 30.5 Å². The van der Waals surface area contributed by atoms with Gasteiger partial charge in [0.2, 0.25) is 0 Å². The molecule has 0 aliphatic rings.